The number of halogens is 2. The molecule has 22 heavy (non-hydrogen) atoms. The minimum Gasteiger partial charge on any atom is -0.377 e. The number of pyridine rings is 1. The number of aromatic nitrogens is 3. The molecule has 2 aromatic rings. The predicted octanol–water partition coefficient (Wildman–Crippen LogP) is 1.85. The van der Waals surface area contributed by atoms with Crippen LogP contribution in [0.5, 0.6) is 0 Å². The fourth-order valence-electron chi connectivity index (χ4n) is 2.37. The van der Waals surface area contributed by atoms with Crippen molar-refractivity contribution in [1.82, 2.24) is 15.0 Å². The van der Waals surface area contributed by atoms with Gasteiger partial charge < -0.3 is 14.6 Å². The van der Waals surface area contributed by atoms with Gasteiger partial charge in [0.25, 0.3) is 5.56 Å². The largest absolute Gasteiger partial charge is 0.377 e. The maximum atomic E-state index is 13.3. The predicted molar refractivity (Wildman–Crippen MR) is 80.7 cm³/mol. The molecule has 0 amide bonds. The molecule has 0 bridgehead atoms. The highest BCUT2D eigenvalue weighted by Gasteiger charge is 2.24. The van der Waals surface area contributed by atoms with Crippen LogP contribution in [0.1, 0.15) is 6.92 Å². The number of morpholine rings is 1. The Bertz CT molecular complexity index is 752. The molecule has 1 fully saturated rings. The maximum absolute atomic E-state index is 13.3. The Labute approximate surface area is 130 Å². The van der Waals surface area contributed by atoms with Gasteiger partial charge in [-0.05, 0) is 13.0 Å². The quantitative estimate of drug-likeness (QED) is 0.854. The van der Waals surface area contributed by atoms with E-state index in [1.807, 2.05) is 11.8 Å². The van der Waals surface area contributed by atoms with Crippen LogP contribution in [-0.4, -0.2) is 40.8 Å². The van der Waals surface area contributed by atoms with Crippen molar-refractivity contribution in [3.05, 3.63) is 39.7 Å². The molecule has 6 nitrogen and oxygen atoms in total. The van der Waals surface area contributed by atoms with Gasteiger partial charge in [-0.25, -0.2) is 9.97 Å². The lowest BCUT2D eigenvalue weighted by atomic mass is 10.2. The summed E-state index contributed by atoms with van der Waals surface area (Å²) in [5, 5.41) is 0.0204. The second kappa shape index (κ2) is 6.02. The monoisotopic (exact) mass is 324 g/mol. The highest BCUT2D eigenvalue weighted by atomic mass is 35.5. The van der Waals surface area contributed by atoms with Crippen molar-refractivity contribution in [2.45, 2.75) is 13.0 Å². The first-order chi connectivity index (χ1) is 10.6. The molecule has 1 aliphatic rings. The molecule has 0 radical (unpaired) electrons. The molecule has 3 heterocycles. The Kier molecular flexibility index (Phi) is 4.08. The van der Waals surface area contributed by atoms with Crippen molar-refractivity contribution < 1.29 is 9.13 Å². The van der Waals surface area contributed by atoms with Crippen molar-refractivity contribution in [1.29, 1.82) is 0 Å². The standard InChI is InChI=1S/C14H14ClFN4O2/c1-8-7-22-5-4-20(8)13-11(15)14(21)19-12(18-13)9-2-3-17-10(16)6-9/h2-3,6,8H,4-5,7H2,1H3,(H,18,19,21). The smallest absolute Gasteiger partial charge is 0.272 e. The Morgan fingerprint density at radius 2 is 2.36 bits per heavy atom. The summed E-state index contributed by atoms with van der Waals surface area (Å²) in [7, 11) is 0. The molecule has 1 saturated heterocycles. The van der Waals surface area contributed by atoms with E-state index in [2.05, 4.69) is 15.0 Å². The summed E-state index contributed by atoms with van der Waals surface area (Å²) in [5.41, 5.74) is -0.0268. The van der Waals surface area contributed by atoms with E-state index in [1.165, 1.54) is 12.3 Å². The Balaban J connectivity index is 2.09. The number of rotatable bonds is 2. The van der Waals surface area contributed by atoms with E-state index in [-0.39, 0.29) is 16.9 Å². The molecule has 0 aliphatic carbocycles. The summed E-state index contributed by atoms with van der Waals surface area (Å²) < 4.78 is 18.6. The summed E-state index contributed by atoms with van der Waals surface area (Å²) in [6.45, 7) is 3.62. The molecule has 116 valence electrons. The first-order valence-electron chi connectivity index (χ1n) is 6.82. The number of ether oxygens (including phenoxy) is 1. The molecule has 0 saturated carbocycles. The van der Waals surface area contributed by atoms with E-state index in [0.29, 0.717) is 31.1 Å². The Morgan fingerprint density at radius 3 is 3.09 bits per heavy atom. The number of aromatic amines is 1. The number of hydrogen-bond donors (Lipinski definition) is 1. The van der Waals surface area contributed by atoms with Gasteiger partial charge in [-0.15, -0.1) is 0 Å². The molecule has 2 aromatic heterocycles. The summed E-state index contributed by atoms with van der Waals surface area (Å²) in [6.07, 6.45) is 1.32. The van der Waals surface area contributed by atoms with Crippen LogP contribution in [0.25, 0.3) is 11.4 Å². The first kappa shape index (κ1) is 14.9. The summed E-state index contributed by atoms with van der Waals surface area (Å²) >= 11 is 6.11. The zero-order chi connectivity index (χ0) is 15.7. The van der Waals surface area contributed by atoms with E-state index in [4.69, 9.17) is 16.3 Å². The highest BCUT2D eigenvalue weighted by molar-refractivity contribution is 6.32. The van der Waals surface area contributed by atoms with E-state index >= 15 is 0 Å². The molecule has 1 atom stereocenters. The fraction of sp³-hybridized carbons (Fsp3) is 0.357. The van der Waals surface area contributed by atoms with Crippen LogP contribution in [0.4, 0.5) is 10.2 Å². The number of nitrogens with one attached hydrogen (secondary N) is 1. The Morgan fingerprint density at radius 1 is 1.55 bits per heavy atom. The molecule has 8 heteroatoms. The van der Waals surface area contributed by atoms with Crippen molar-refractivity contribution in [3.8, 4) is 11.4 Å². The van der Waals surface area contributed by atoms with Gasteiger partial charge in [0.15, 0.2) is 5.82 Å². The van der Waals surface area contributed by atoms with Gasteiger partial charge in [0, 0.05) is 24.4 Å². The molecule has 0 spiro atoms. The molecular weight excluding hydrogens is 311 g/mol. The number of H-pyrrole nitrogens is 1. The Hall–Kier alpha value is -1.99. The lowest BCUT2D eigenvalue weighted by Gasteiger charge is -2.34. The van der Waals surface area contributed by atoms with Gasteiger partial charge in [0.2, 0.25) is 5.95 Å². The maximum Gasteiger partial charge on any atom is 0.272 e. The van der Waals surface area contributed by atoms with Crippen LogP contribution in [0.3, 0.4) is 0 Å². The van der Waals surface area contributed by atoms with Crippen molar-refractivity contribution in [2.75, 3.05) is 24.7 Å². The van der Waals surface area contributed by atoms with Crippen LogP contribution in [0.2, 0.25) is 5.02 Å². The lowest BCUT2D eigenvalue weighted by molar-refractivity contribution is 0.0985. The zero-order valence-electron chi connectivity index (χ0n) is 11.8. The topological polar surface area (TPSA) is 71.1 Å². The number of nitrogens with zero attached hydrogens (tertiary/aromatic N) is 3. The van der Waals surface area contributed by atoms with Gasteiger partial charge in [-0.3, -0.25) is 4.79 Å². The number of hydrogen-bond acceptors (Lipinski definition) is 5. The van der Waals surface area contributed by atoms with Crippen LogP contribution < -0.4 is 10.5 Å². The summed E-state index contributed by atoms with van der Waals surface area (Å²) in [4.78, 5) is 24.5. The minimum atomic E-state index is -0.642. The van der Waals surface area contributed by atoms with Crippen LogP contribution in [0.15, 0.2) is 23.1 Å². The van der Waals surface area contributed by atoms with Crippen molar-refractivity contribution in [2.24, 2.45) is 0 Å². The molecule has 3 rings (SSSR count). The molecule has 1 aliphatic heterocycles. The SMILES string of the molecule is CC1COCCN1c1nc(-c2ccnc(F)c2)[nH]c(=O)c1Cl. The van der Waals surface area contributed by atoms with Gasteiger partial charge in [0.05, 0.1) is 19.3 Å². The first-order valence-corrected chi connectivity index (χ1v) is 7.20. The van der Waals surface area contributed by atoms with E-state index in [0.717, 1.165) is 0 Å². The van der Waals surface area contributed by atoms with E-state index in [1.54, 1.807) is 6.07 Å². The average Bonchev–Trinajstić information content (AvgIpc) is 2.51. The van der Waals surface area contributed by atoms with Gasteiger partial charge in [0.1, 0.15) is 10.8 Å². The molecule has 1 unspecified atom stereocenters. The molecular formula is C14H14ClFN4O2. The highest BCUT2D eigenvalue weighted by Crippen LogP contribution is 2.26. The third-order valence-corrected chi connectivity index (χ3v) is 3.83. The normalized spacial score (nSPS) is 18.5. The minimum absolute atomic E-state index is 0.0204. The average molecular weight is 325 g/mol. The second-order valence-electron chi connectivity index (χ2n) is 5.04. The zero-order valence-corrected chi connectivity index (χ0v) is 12.6. The van der Waals surface area contributed by atoms with Gasteiger partial charge >= 0.3 is 0 Å². The third kappa shape index (κ3) is 2.82. The van der Waals surface area contributed by atoms with Crippen molar-refractivity contribution >= 4 is 17.4 Å². The van der Waals surface area contributed by atoms with Crippen LogP contribution >= 0.6 is 11.6 Å². The fourth-order valence-corrected chi connectivity index (χ4v) is 2.56. The number of anilines is 1. The van der Waals surface area contributed by atoms with Gasteiger partial charge in [-0.2, -0.15) is 4.39 Å². The van der Waals surface area contributed by atoms with Gasteiger partial charge in [-0.1, -0.05) is 11.6 Å². The van der Waals surface area contributed by atoms with Crippen LogP contribution in [0, 0.1) is 5.95 Å². The summed E-state index contributed by atoms with van der Waals surface area (Å²) in [6, 6.07) is 2.82. The second-order valence-corrected chi connectivity index (χ2v) is 5.41. The third-order valence-electron chi connectivity index (χ3n) is 3.49. The van der Waals surface area contributed by atoms with E-state index in [9.17, 15) is 9.18 Å². The van der Waals surface area contributed by atoms with Crippen LogP contribution in [-0.2, 0) is 4.74 Å². The summed E-state index contributed by atoms with van der Waals surface area (Å²) in [5.74, 6) is -0.00535. The molecule has 0 aromatic carbocycles. The van der Waals surface area contributed by atoms with E-state index < -0.39 is 11.5 Å². The van der Waals surface area contributed by atoms with Crippen molar-refractivity contribution in [3.63, 3.8) is 0 Å². The molecule has 1 N–H and O–H groups in total. The lowest BCUT2D eigenvalue weighted by Crippen LogP contribution is -2.44.